The van der Waals surface area contributed by atoms with E-state index in [1.165, 1.54) is 0 Å². The van der Waals surface area contributed by atoms with Crippen molar-refractivity contribution in [1.82, 2.24) is 14.7 Å². The highest BCUT2D eigenvalue weighted by molar-refractivity contribution is 5.73. The van der Waals surface area contributed by atoms with Gasteiger partial charge in [0.05, 0.1) is 25.5 Å². The lowest BCUT2D eigenvalue weighted by molar-refractivity contribution is 0.195. The van der Waals surface area contributed by atoms with Gasteiger partial charge in [0.1, 0.15) is 5.69 Å². The van der Waals surface area contributed by atoms with Gasteiger partial charge in [-0.15, -0.1) is 0 Å². The molecule has 23 heavy (non-hydrogen) atoms. The lowest BCUT2D eigenvalue weighted by Gasteiger charge is -2.12. The zero-order chi connectivity index (χ0) is 16.4. The number of benzene rings is 1. The summed E-state index contributed by atoms with van der Waals surface area (Å²) >= 11 is 0. The third-order valence-electron chi connectivity index (χ3n) is 3.61. The van der Waals surface area contributed by atoms with Crippen LogP contribution in [0.5, 0.6) is 11.5 Å². The molecule has 3 rings (SSSR count). The summed E-state index contributed by atoms with van der Waals surface area (Å²) in [5.74, 6) is 1.48. The van der Waals surface area contributed by atoms with Gasteiger partial charge in [-0.2, -0.15) is 4.73 Å². The van der Waals surface area contributed by atoms with E-state index in [0.717, 1.165) is 10.3 Å². The van der Waals surface area contributed by atoms with Crippen LogP contribution in [-0.4, -0.2) is 34.1 Å². The van der Waals surface area contributed by atoms with Crippen molar-refractivity contribution in [2.45, 2.75) is 6.92 Å². The molecular formula is C17H17N3O3. The van der Waals surface area contributed by atoms with E-state index in [0.29, 0.717) is 34.3 Å². The number of ether oxygens (including phenoxy) is 2. The normalized spacial score (nSPS) is 10.6. The predicted octanol–water partition coefficient (Wildman–Crippen LogP) is 3.18. The number of nitrogens with zero attached hydrogens (tertiary/aromatic N) is 3. The maximum atomic E-state index is 10.6. The molecule has 0 spiro atoms. The first kappa shape index (κ1) is 14.9. The Morgan fingerprint density at radius 1 is 1.09 bits per heavy atom. The maximum absolute atomic E-state index is 10.6. The van der Waals surface area contributed by atoms with Crippen molar-refractivity contribution >= 4 is 0 Å². The van der Waals surface area contributed by atoms with Crippen molar-refractivity contribution in [3.05, 3.63) is 48.4 Å². The lowest BCUT2D eigenvalue weighted by Crippen LogP contribution is -2.00. The topological polar surface area (TPSA) is 69.4 Å². The molecule has 118 valence electrons. The Labute approximate surface area is 133 Å². The number of methoxy groups -OCH3 is 2. The first-order valence-corrected chi connectivity index (χ1v) is 7.07. The first-order valence-electron chi connectivity index (χ1n) is 7.07. The van der Waals surface area contributed by atoms with Gasteiger partial charge >= 0.3 is 0 Å². The number of aryl methyl sites for hydroxylation is 1. The van der Waals surface area contributed by atoms with E-state index in [1.54, 1.807) is 32.7 Å². The molecule has 0 aliphatic rings. The highest BCUT2D eigenvalue weighted by Crippen LogP contribution is 2.38. The highest BCUT2D eigenvalue weighted by Gasteiger charge is 2.21. The van der Waals surface area contributed by atoms with Crippen molar-refractivity contribution in [3.63, 3.8) is 0 Å². The number of para-hydroxylation sites is 1. The Balaban J connectivity index is 2.20. The molecule has 0 atom stereocenters. The minimum Gasteiger partial charge on any atom is -0.493 e. The van der Waals surface area contributed by atoms with E-state index in [4.69, 9.17) is 9.47 Å². The van der Waals surface area contributed by atoms with Crippen LogP contribution in [0.4, 0.5) is 0 Å². The molecule has 0 fully saturated rings. The molecule has 3 aromatic rings. The summed E-state index contributed by atoms with van der Waals surface area (Å²) in [5, 5.41) is 10.6. The highest BCUT2D eigenvalue weighted by atomic mass is 16.5. The number of pyridine rings is 1. The van der Waals surface area contributed by atoms with Gasteiger partial charge in [-0.3, -0.25) is 4.98 Å². The minimum absolute atomic E-state index is 0.386. The third-order valence-corrected chi connectivity index (χ3v) is 3.61. The standard InChI is InChI=1S/C17H17N3O3/c1-11-15(12-6-5-9-18-10-12)20(21)17(19-11)13-7-4-8-14(22-2)16(13)23-3/h4-10,21H,1-3H3. The van der Waals surface area contributed by atoms with Crippen LogP contribution in [0.25, 0.3) is 22.6 Å². The van der Waals surface area contributed by atoms with Crippen molar-refractivity contribution in [2.24, 2.45) is 0 Å². The fourth-order valence-electron chi connectivity index (χ4n) is 2.59. The lowest BCUT2D eigenvalue weighted by atomic mass is 10.1. The summed E-state index contributed by atoms with van der Waals surface area (Å²) in [6.45, 7) is 1.84. The molecule has 1 N–H and O–H groups in total. The average Bonchev–Trinajstić information content (AvgIpc) is 2.89. The van der Waals surface area contributed by atoms with E-state index in [9.17, 15) is 5.21 Å². The number of hydrogen-bond donors (Lipinski definition) is 1. The van der Waals surface area contributed by atoms with Gasteiger partial charge < -0.3 is 14.7 Å². The van der Waals surface area contributed by atoms with Gasteiger partial charge in [-0.25, -0.2) is 4.98 Å². The van der Waals surface area contributed by atoms with Crippen LogP contribution in [0, 0.1) is 6.92 Å². The van der Waals surface area contributed by atoms with E-state index in [1.807, 2.05) is 31.2 Å². The second kappa shape index (κ2) is 6.00. The predicted molar refractivity (Wildman–Crippen MR) is 85.9 cm³/mol. The second-order valence-corrected chi connectivity index (χ2v) is 4.96. The Morgan fingerprint density at radius 3 is 2.57 bits per heavy atom. The van der Waals surface area contributed by atoms with Crippen molar-refractivity contribution < 1.29 is 14.7 Å². The fraction of sp³-hybridized carbons (Fsp3) is 0.176. The van der Waals surface area contributed by atoms with E-state index in [2.05, 4.69) is 9.97 Å². The Bertz CT molecular complexity index is 829. The summed E-state index contributed by atoms with van der Waals surface area (Å²) in [7, 11) is 3.13. The summed E-state index contributed by atoms with van der Waals surface area (Å²) in [6.07, 6.45) is 3.37. The van der Waals surface area contributed by atoms with Gasteiger partial charge in [-0.05, 0) is 31.2 Å². The molecule has 2 heterocycles. The Hall–Kier alpha value is -3.02. The quantitative estimate of drug-likeness (QED) is 0.749. The molecule has 6 nitrogen and oxygen atoms in total. The zero-order valence-electron chi connectivity index (χ0n) is 13.1. The summed E-state index contributed by atoms with van der Waals surface area (Å²) in [5.41, 5.74) is 2.72. The molecule has 0 aliphatic carbocycles. The number of aromatic nitrogens is 3. The SMILES string of the molecule is COc1cccc(-c2nc(C)c(-c3cccnc3)n2O)c1OC. The molecule has 0 saturated heterocycles. The minimum atomic E-state index is 0.386. The van der Waals surface area contributed by atoms with Crippen LogP contribution >= 0.6 is 0 Å². The zero-order valence-corrected chi connectivity index (χ0v) is 13.1. The molecule has 6 heteroatoms. The van der Waals surface area contributed by atoms with Gasteiger partial charge in [-0.1, -0.05) is 6.07 Å². The largest absolute Gasteiger partial charge is 0.493 e. The van der Waals surface area contributed by atoms with Crippen LogP contribution < -0.4 is 9.47 Å². The summed E-state index contributed by atoms with van der Waals surface area (Å²) in [6, 6.07) is 9.12. The van der Waals surface area contributed by atoms with E-state index < -0.39 is 0 Å². The van der Waals surface area contributed by atoms with Crippen molar-refractivity contribution in [2.75, 3.05) is 14.2 Å². The number of imidazole rings is 1. The van der Waals surface area contributed by atoms with Gasteiger partial charge in [0.2, 0.25) is 0 Å². The Kier molecular flexibility index (Phi) is 3.89. The number of rotatable bonds is 4. The monoisotopic (exact) mass is 311 g/mol. The Morgan fingerprint density at radius 2 is 1.91 bits per heavy atom. The molecule has 1 aromatic carbocycles. The molecule has 2 aromatic heterocycles. The second-order valence-electron chi connectivity index (χ2n) is 4.96. The first-order chi connectivity index (χ1) is 11.2. The van der Waals surface area contributed by atoms with Gasteiger partial charge in [0, 0.05) is 18.0 Å². The van der Waals surface area contributed by atoms with Crippen molar-refractivity contribution in [3.8, 4) is 34.1 Å². The summed E-state index contributed by atoms with van der Waals surface area (Å²) < 4.78 is 11.8. The van der Waals surface area contributed by atoms with Crippen molar-refractivity contribution in [1.29, 1.82) is 0 Å². The number of hydrogen-bond acceptors (Lipinski definition) is 5. The molecule has 0 saturated carbocycles. The van der Waals surface area contributed by atoms with Gasteiger partial charge in [0.15, 0.2) is 17.3 Å². The molecule has 0 radical (unpaired) electrons. The van der Waals surface area contributed by atoms with Gasteiger partial charge in [0.25, 0.3) is 0 Å². The molecule has 0 unspecified atom stereocenters. The molecule has 0 bridgehead atoms. The van der Waals surface area contributed by atoms with Crippen LogP contribution in [0.15, 0.2) is 42.7 Å². The average molecular weight is 311 g/mol. The maximum Gasteiger partial charge on any atom is 0.180 e. The molecule has 0 aliphatic heterocycles. The summed E-state index contributed by atoms with van der Waals surface area (Å²) in [4.78, 5) is 8.58. The van der Waals surface area contributed by atoms with E-state index in [-0.39, 0.29) is 0 Å². The third kappa shape index (κ3) is 2.48. The van der Waals surface area contributed by atoms with Crippen LogP contribution in [0.1, 0.15) is 5.69 Å². The van der Waals surface area contributed by atoms with E-state index >= 15 is 0 Å². The molecule has 0 amide bonds. The fourth-order valence-corrected chi connectivity index (χ4v) is 2.59. The van der Waals surface area contributed by atoms with Crippen LogP contribution in [-0.2, 0) is 0 Å². The smallest absolute Gasteiger partial charge is 0.180 e. The molecular weight excluding hydrogens is 294 g/mol. The van der Waals surface area contributed by atoms with Crippen LogP contribution in [0.3, 0.4) is 0 Å². The van der Waals surface area contributed by atoms with Crippen LogP contribution in [0.2, 0.25) is 0 Å².